The van der Waals surface area contributed by atoms with Gasteiger partial charge in [0.15, 0.2) is 0 Å². The number of aryl methyl sites for hydroxylation is 3. The summed E-state index contributed by atoms with van der Waals surface area (Å²) in [6.07, 6.45) is 9.15. The van der Waals surface area contributed by atoms with Crippen LogP contribution < -0.4 is 5.32 Å². The van der Waals surface area contributed by atoms with Gasteiger partial charge < -0.3 is 5.32 Å². The number of hydrogen-bond acceptors (Lipinski definition) is 3. The van der Waals surface area contributed by atoms with Crippen molar-refractivity contribution in [1.29, 1.82) is 0 Å². The van der Waals surface area contributed by atoms with E-state index in [0.717, 1.165) is 0 Å². The maximum atomic E-state index is 3.52. The van der Waals surface area contributed by atoms with Gasteiger partial charge in [-0.15, -0.1) is 11.3 Å². The Kier molecular flexibility index (Phi) is 4.92. The molecule has 0 spiro atoms. The summed E-state index contributed by atoms with van der Waals surface area (Å²) in [6, 6.07) is 5.26. The van der Waals surface area contributed by atoms with Crippen molar-refractivity contribution in [3.05, 3.63) is 43.8 Å². The van der Waals surface area contributed by atoms with E-state index >= 15 is 0 Å². The van der Waals surface area contributed by atoms with Crippen LogP contribution >= 0.6 is 22.7 Å². The normalized spacial score (nSPS) is 16.6. The molecule has 0 saturated heterocycles. The summed E-state index contributed by atoms with van der Waals surface area (Å²) in [5.41, 5.74) is 3.12. The highest BCUT2D eigenvalue weighted by molar-refractivity contribution is 7.12. The summed E-state index contributed by atoms with van der Waals surface area (Å²) < 4.78 is 0. The minimum absolute atomic E-state index is 0.520. The number of thiophene rings is 2. The third kappa shape index (κ3) is 3.33. The molecule has 3 heteroatoms. The highest BCUT2D eigenvalue weighted by Gasteiger charge is 2.17. The van der Waals surface area contributed by atoms with Gasteiger partial charge in [0.25, 0.3) is 0 Å². The molecule has 0 fully saturated rings. The standard InChI is InChI=1S/C17H23NS2/c1-18-15(8-7-13-9-10-19-12-13)17-11-14-5-3-2-4-6-16(14)20-17/h9-12,15,18H,2-8H2,1H3. The molecule has 1 N–H and O–H groups in total. The van der Waals surface area contributed by atoms with Gasteiger partial charge in [-0.25, -0.2) is 0 Å². The van der Waals surface area contributed by atoms with E-state index in [9.17, 15) is 0 Å². The Hall–Kier alpha value is -0.640. The lowest BCUT2D eigenvalue weighted by Crippen LogP contribution is -2.15. The maximum Gasteiger partial charge on any atom is 0.0415 e. The Labute approximate surface area is 130 Å². The van der Waals surface area contributed by atoms with Crippen molar-refractivity contribution in [2.45, 2.75) is 51.0 Å². The zero-order valence-electron chi connectivity index (χ0n) is 12.2. The molecular weight excluding hydrogens is 282 g/mol. The average molecular weight is 306 g/mol. The van der Waals surface area contributed by atoms with Gasteiger partial charge in [0.1, 0.15) is 0 Å². The van der Waals surface area contributed by atoms with Gasteiger partial charge in [0.2, 0.25) is 0 Å². The summed E-state index contributed by atoms with van der Waals surface area (Å²) in [5, 5.41) is 7.97. The molecule has 0 aliphatic heterocycles. The molecule has 0 radical (unpaired) electrons. The van der Waals surface area contributed by atoms with E-state index in [2.05, 4.69) is 46.6 Å². The molecule has 1 nitrogen and oxygen atoms in total. The summed E-state index contributed by atoms with van der Waals surface area (Å²) in [6.45, 7) is 0. The lowest BCUT2D eigenvalue weighted by Gasteiger charge is -2.14. The van der Waals surface area contributed by atoms with Crippen LogP contribution in [0.15, 0.2) is 22.9 Å². The Morgan fingerprint density at radius 3 is 2.95 bits per heavy atom. The summed E-state index contributed by atoms with van der Waals surface area (Å²) in [5.74, 6) is 0. The van der Waals surface area contributed by atoms with Crippen molar-refractivity contribution in [1.82, 2.24) is 5.32 Å². The third-order valence-electron chi connectivity index (χ3n) is 4.26. The number of fused-ring (bicyclic) bond motifs is 1. The molecule has 1 unspecified atom stereocenters. The van der Waals surface area contributed by atoms with Crippen LogP contribution in [-0.4, -0.2) is 7.05 Å². The number of rotatable bonds is 5. The van der Waals surface area contributed by atoms with Gasteiger partial charge in [0, 0.05) is 15.8 Å². The third-order valence-corrected chi connectivity index (χ3v) is 6.34. The molecule has 1 aliphatic carbocycles. The van der Waals surface area contributed by atoms with E-state index in [1.54, 1.807) is 26.7 Å². The van der Waals surface area contributed by atoms with Crippen LogP contribution in [0.25, 0.3) is 0 Å². The summed E-state index contributed by atoms with van der Waals surface area (Å²) >= 11 is 3.86. The van der Waals surface area contributed by atoms with E-state index in [-0.39, 0.29) is 0 Å². The van der Waals surface area contributed by atoms with Crippen LogP contribution in [0.2, 0.25) is 0 Å². The quantitative estimate of drug-likeness (QED) is 0.769. The second-order valence-corrected chi connectivity index (χ2v) is 7.62. The molecule has 0 aromatic carbocycles. The van der Waals surface area contributed by atoms with Crippen LogP contribution in [0.5, 0.6) is 0 Å². The molecule has 2 aromatic heterocycles. The molecule has 2 aromatic rings. The second kappa shape index (κ2) is 6.88. The van der Waals surface area contributed by atoms with E-state index in [1.807, 2.05) is 0 Å². The van der Waals surface area contributed by atoms with Crippen LogP contribution in [0.1, 0.15) is 52.6 Å². The Morgan fingerprint density at radius 1 is 1.25 bits per heavy atom. The van der Waals surface area contributed by atoms with Crippen LogP contribution in [0.4, 0.5) is 0 Å². The molecule has 20 heavy (non-hydrogen) atoms. The van der Waals surface area contributed by atoms with E-state index in [1.165, 1.54) is 50.5 Å². The highest BCUT2D eigenvalue weighted by Crippen LogP contribution is 2.33. The summed E-state index contributed by atoms with van der Waals surface area (Å²) in [4.78, 5) is 3.21. The van der Waals surface area contributed by atoms with Crippen molar-refractivity contribution >= 4 is 22.7 Å². The van der Waals surface area contributed by atoms with Crippen molar-refractivity contribution in [3.63, 3.8) is 0 Å². The molecule has 0 bridgehead atoms. The molecule has 3 rings (SSSR count). The first-order valence-corrected chi connectivity index (χ1v) is 9.42. The monoisotopic (exact) mass is 305 g/mol. The highest BCUT2D eigenvalue weighted by atomic mass is 32.1. The fraction of sp³-hybridized carbons (Fsp3) is 0.529. The van der Waals surface area contributed by atoms with Crippen molar-refractivity contribution in [2.24, 2.45) is 0 Å². The topological polar surface area (TPSA) is 12.0 Å². The molecule has 0 saturated carbocycles. The Balaban J connectivity index is 1.69. The van der Waals surface area contributed by atoms with Crippen LogP contribution in [-0.2, 0) is 19.3 Å². The zero-order valence-corrected chi connectivity index (χ0v) is 13.8. The summed E-state index contributed by atoms with van der Waals surface area (Å²) in [7, 11) is 2.10. The molecule has 2 heterocycles. The van der Waals surface area contributed by atoms with E-state index < -0.39 is 0 Å². The first-order chi connectivity index (χ1) is 9.86. The van der Waals surface area contributed by atoms with Crippen LogP contribution in [0.3, 0.4) is 0 Å². The van der Waals surface area contributed by atoms with E-state index in [0.29, 0.717) is 6.04 Å². The molecule has 108 valence electrons. The van der Waals surface area contributed by atoms with Crippen LogP contribution in [0, 0.1) is 0 Å². The van der Waals surface area contributed by atoms with Gasteiger partial charge in [-0.2, -0.15) is 11.3 Å². The molecule has 1 atom stereocenters. The lowest BCUT2D eigenvalue weighted by molar-refractivity contribution is 0.558. The Bertz CT molecular complexity index is 504. The van der Waals surface area contributed by atoms with Gasteiger partial charge >= 0.3 is 0 Å². The number of hydrogen-bond donors (Lipinski definition) is 1. The number of nitrogens with one attached hydrogen (secondary N) is 1. The predicted molar refractivity (Wildman–Crippen MR) is 90.0 cm³/mol. The van der Waals surface area contributed by atoms with Crippen molar-refractivity contribution in [2.75, 3.05) is 7.05 Å². The van der Waals surface area contributed by atoms with Gasteiger partial charge in [0.05, 0.1) is 0 Å². The lowest BCUT2D eigenvalue weighted by atomic mass is 10.0. The first-order valence-electron chi connectivity index (χ1n) is 7.66. The second-order valence-electron chi connectivity index (χ2n) is 5.67. The smallest absolute Gasteiger partial charge is 0.0415 e. The van der Waals surface area contributed by atoms with Crippen molar-refractivity contribution in [3.8, 4) is 0 Å². The van der Waals surface area contributed by atoms with Crippen molar-refractivity contribution < 1.29 is 0 Å². The molecule has 1 aliphatic rings. The molecular formula is C17H23NS2. The fourth-order valence-electron chi connectivity index (χ4n) is 3.04. The Morgan fingerprint density at radius 2 is 2.15 bits per heavy atom. The fourth-order valence-corrected chi connectivity index (χ4v) is 5.14. The van der Waals surface area contributed by atoms with Gasteiger partial charge in [-0.05, 0) is 79.6 Å². The zero-order chi connectivity index (χ0) is 13.8. The maximum absolute atomic E-state index is 3.52. The minimum Gasteiger partial charge on any atom is -0.312 e. The van der Waals surface area contributed by atoms with Gasteiger partial charge in [-0.1, -0.05) is 6.42 Å². The average Bonchev–Trinajstić information content (AvgIpc) is 3.06. The largest absolute Gasteiger partial charge is 0.312 e. The SMILES string of the molecule is CNC(CCc1ccsc1)c1cc2c(s1)CCCCC2. The minimum atomic E-state index is 0.520. The molecule has 0 amide bonds. The van der Waals surface area contributed by atoms with Gasteiger partial charge in [-0.3, -0.25) is 0 Å². The van der Waals surface area contributed by atoms with E-state index in [4.69, 9.17) is 0 Å². The first kappa shape index (κ1) is 14.3. The predicted octanol–water partition coefficient (Wildman–Crippen LogP) is 4.97.